The highest BCUT2D eigenvalue weighted by atomic mass is 32.2. The van der Waals surface area contributed by atoms with Crippen molar-refractivity contribution < 1.29 is 22.6 Å². The van der Waals surface area contributed by atoms with Gasteiger partial charge in [-0.15, -0.1) is 0 Å². The SMILES string of the molecule is COCCOc1ccc(S(=O)(=O)N2CCC(Oc3cccnc3C)C2)cc1. The zero-order chi connectivity index (χ0) is 19.3. The fourth-order valence-corrected chi connectivity index (χ4v) is 4.37. The molecule has 3 rings (SSSR count). The van der Waals surface area contributed by atoms with Crippen LogP contribution >= 0.6 is 0 Å². The Balaban J connectivity index is 1.63. The van der Waals surface area contributed by atoms with Crippen molar-refractivity contribution in [2.45, 2.75) is 24.3 Å². The molecule has 8 heteroatoms. The molecule has 0 N–H and O–H groups in total. The molecule has 0 radical (unpaired) electrons. The second kappa shape index (κ2) is 8.69. The van der Waals surface area contributed by atoms with Crippen LogP contribution in [0.5, 0.6) is 11.5 Å². The fourth-order valence-electron chi connectivity index (χ4n) is 2.89. The van der Waals surface area contributed by atoms with Crippen LogP contribution in [0.25, 0.3) is 0 Å². The van der Waals surface area contributed by atoms with Gasteiger partial charge in [0.25, 0.3) is 0 Å². The molecule has 1 saturated heterocycles. The lowest BCUT2D eigenvalue weighted by atomic mass is 10.3. The molecular weight excluding hydrogens is 368 g/mol. The minimum atomic E-state index is -3.56. The molecule has 7 nitrogen and oxygen atoms in total. The summed E-state index contributed by atoms with van der Waals surface area (Å²) in [6.07, 6.45) is 2.17. The van der Waals surface area contributed by atoms with E-state index >= 15 is 0 Å². The van der Waals surface area contributed by atoms with E-state index in [2.05, 4.69) is 4.98 Å². The maximum atomic E-state index is 12.9. The van der Waals surface area contributed by atoms with Crippen molar-refractivity contribution in [1.82, 2.24) is 9.29 Å². The first-order chi connectivity index (χ1) is 13.0. The molecule has 1 aromatic heterocycles. The zero-order valence-corrected chi connectivity index (χ0v) is 16.3. The van der Waals surface area contributed by atoms with E-state index in [1.165, 1.54) is 4.31 Å². The van der Waals surface area contributed by atoms with Crippen molar-refractivity contribution in [1.29, 1.82) is 0 Å². The summed E-state index contributed by atoms with van der Waals surface area (Å²) in [4.78, 5) is 4.44. The summed E-state index contributed by atoms with van der Waals surface area (Å²) < 4.78 is 43.5. The second-order valence-corrected chi connectivity index (χ2v) is 8.23. The molecule has 2 aromatic rings. The number of aryl methyl sites for hydroxylation is 1. The lowest BCUT2D eigenvalue weighted by molar-refractivity contribution is 0.146. The number of aromatic nitrogens is 1. The summed E-state index contributed by atoms with van der Waals surface area (Å²) in [5.41, 5.74) is 0.794. The predicted molar refractivity (Wildman–Crippen MR) is 101 cm³/mol. The predicted octanol–water partition coefficient (Wildman–Crippen LogP) is 2.26. The van der Waals surface area contributed by atoms with Crippen LogP contribution in [0.2, 0.25) is 0 Å². The van der Waals surface area contributed by atoms with Crippen LogP contribution in [0.3, 0.4) is 0 Å². The van der Waals surface area contributed by atoms with Gasteiger partial charge in [-0.3, -0.25) is 4.98 Å². The van der Waals surface area contributed by atoms with Crippen molar-refractivity contribution in [3.05, 3.63) is 48.3 Å². The van der Waals surface area contributed by atoms with E-state index in [-0.39, 0.29) is 11.0 Å². The van der Waals surface area contributed by atoms with Crippen molar-refractivity contribution in [3.8, 4) is 11.5 Å². The number of rotatable bonds is 8. The molecule has 0 saturated carbocycles. The molecule has 0 spiro atoms. The molecule has 146 valence electrons. The highest BCUT2D eigenvalue weighted by Gasteiger charge is 2.33. The second-order valence-electron chi connectivity index (χ2n) is 6.29. The lowest BCUT2D eigenvalue weighted by Crippen LogP contribution is -2.31. The van der Waals surface area contributed by atoms with Gasteiger partial charge >= 0.3 is 0 Å². The quantitative estimate of drug-likeness (QED) is 0.641. The smallest absolute Gasteiger partial charge is 0.243 e. The molecule has 1 atom stereocenters. The summed E-state index contributed by atoms with van der Waals surface area (Å²) in [7, 11) is -1.96. The molecule has 1 aliphatic rings. The number of hydrogen-bond donors (Lipinski definition) is 0. The van der Waals surface area contributed by atoms with E-state index in [0.29, 0.717) is 44.2 Å². The topological polar surface area (TPSA) is 78.0 Å². The molecule has 2 heterocycles. The highest BCUT2D eigenvalue weighted by Crippen LogP contribution is 2.26. The fraction of sp³-hybridized carbons (Fsp3) is 0.421. The number of methoxy groups -OCH3 is 1. The van der Waals surface area contributed by atoms with Gasteiger partial charge in [0.05, 0.1) is 23.7 Å². The molecule has 0 bridgehead atoms. The maximum absolute atomic E-state index is 12.9. The Labute approximate surface area is 159 Å². The van der Waals surface area contributed by atoms with Crippen molar-refractivity contribution >= 4 is 10.0 Å². The Bertz CT molecular complexity index is 855. The van der Waals surface area contributed by atoms with E-state index in [4.69, 9.17) is 14.2 Å². The third-order valence-electron chi connectivity index (χ3n) is 4.38. The third kappa shape index (κ3) is 4.77. The van der Waals surface area contributed by atoms with Gasteiger partial charge in [-0.2, -0.15) is 4.31 Å². The van der Waals surface area contributed by atoms with Crippen molar-refractivity contribution in [2.24, 2.45) is 0 Å². The first kappa shape index (κ1) is 19.6. The largest absolute Gasteiger partial charge is 0.491 e. The van der Waals surface area contributed by atoms with E-state index in [1.54, 1.807) is 37.6 Å². The van der Waals surface area contributed by atoms with E-state index in [0.717, 1.165) is 5.69 Å². The molecule has 1 unspecified atom stereocenters. The molecular formula is C19H24N2O5S. The summed E-state index contributed by atoms with van der Waals surface area (Å²) in [5.74, 6) is 1.31. The number of ether oxygens (including phenoxy) is 3. The van der Waals surface area contributed by atoms with Crippen LogP contribution in [-0.2, 0) is 14.8 Å². The maximum Gasteiger partial charge on any atom is 0.243 e. The van der Waals surface area contributed by atoms with Crippen LogP contribution in [0.15, 0.2) is 47.5 Å². The van der Waals surface area contributed by atoms with E-state index < -0.39 is 10.0 Å². The molecule has 1 fully saturated rings. The Morgan fingerprint density at radius 1 is 1.19 bits per heavy atom. The number of nitrogens with zero attached hydrogens (tertiary/aromatic N) is 2. The monoisotopic (exact) mass is 392 g/mol. The summed E-state index contributed by atoms with van der Waals surface area (Å²) in [5, 5.41) is 0. The summed E-state index contributed by atoms with van der Waals surface area (Å²) in [6.45, 7) is 3.52. The summed E-state index contributed by atoms with van der Waals surface area (Å²) in [6, 6.07) is 10.1. The molecule has 27 heavy (non-hydrogen) atoms. The van der Waals surface area contributed by atoms with Gasteiger partial charge in [0.1, 0.15) is 24.2 Å². The van der Waals surface area contributed by atoms with Gasteiger partial charge < -0.3 is 14.2 Å². The molecule has 0 aliphatic carbocycles. The number of sulfonamides is 1. The minimum Gasteiger partial charge on any atom is -0.491 e. The standard InChI is InChI=1S/C19H24N2O5S/c1-15-19(4-3-10-20-15)26-17-9-11-21(14-17)27(22,23)18-7-5-16(6-8-18)25-13-12-24-2/h3-8,10,17H,9,11-14H2,1-2H3. The number of pyridine rings is 1. The van der Waals surface area contributed by atoms with Gasteiger partial charge in [0.15, 0.2) is 0 Å². The Hall–Kier alpha value is -2.16. The van der Waals surface area contributed by atoms with E-state index in [9.17, 15) is 8.42 Å². The average Bonchev–Trinajstić information content (AvgIpc) is 3.14. The van der Waals surface area contributed by atoms with Crippen LogP contribution in [0, 0.1) is 6.92 Å². The average molecular weight is 392 g/mol. The first-order valence-corrected chi connectivity index (χ1v) is 10.2. The Kier molecular flexibility index (Phi) is 6.30. The summed E-state index contributed by atoms with van der Waals surface area (Å²) >= 11 is 0. The first-order valence-electron chi connectivity index (χ1n) is 8.81. The van der Waals surface area contributed by atoms with Gasteiger partial charge in [-0.1, -0.05) is 0 Å². The molecule has 1 aromatic carbocycles. The third-order valence-corrected chi connectivity index (χ3v) is 6.26. The van der Waals surface area contributed by atoms with Crippen LogP contribution in [0.1, 0.15) is 12.1 Å². The van der Waals surface area contributed by atoms with Crippen LogP contribution < -0.4 is 9.47 Å². The van der Waals surface area contributed by atoms with Gasteiger partial charge in [0, 0.05) is 19.9 Å². The number of benzene rings is 1. The van der Waals surface area contributed by atoms with Crippen LogP contribution in [-0.4, -0.2) is 57.2 Å². The zero-order valence-electron chi connectivity index (χ0n) is 15.5. The van der Waals surface area contributed by atoms with Gasteiger partial charge in [-0.05, 0) is 49.7 Å². The van der Waals surface area contributed by atoms with E-state index in [1.807, 2.05) is 19.1 Å². The lowest BCUT2D eigenvalue weighted by Gasteiger charge is -2.18. The van der Waals surface area contributed by atoms with Crippen molar-refractivity contribution in [2.75, 3.05) is 33.4 Å². The highest BCUT2D eigenvalue weighted by molar-refractivity contribution is 7.89. The number of hydrogen-bond acceptors (Lipinski definition) is 6. The van der Waals surface area contributed by atoms with Gasteiger partial charge in [-0.25, -0.2) is 8.42 Å². The molecule has 0 amide bonds. The van der Waals surface area contributed by atoms with Crippen LogP contribution in [0.4, 0.5) is 0 Å². The normalized spacial score (nSPS) is 17.8. The Morgan fingerprint density at radius 2 is 1.96 bits per heavy atom. The Morgan fingerprint density at radius 3 is 2.67 bits per heavy atom. The molecule has 1 aliphatic heterocycles. The van der Waals surface area contributed by atoms with Crippen molar-refractivity contribution in [3.63, 3.8) is 0 Å². The van der Waals surface area contributed by atoms with Gasteiger partial charge in [0.2, 0.25) is 10.0 Å². The minimum absolute atomic E-state index is 0.181.